The van der Waals surface area contributed by atoms with Gasteiger partial charge in [-0.3, -0.25) is 19.2 Å². The Bertz CT molecular complexity index is 1140. The highest BCUT2D eigenvalue weighted by molar-refractivity contribution is 5.97. The van der Waals surface area contributed by atoms with E-state index in [1.165, 1.54) is 38.4 Å². The number of primary amides is 1. The number of carbonyl (C=O) groups excluding carboxylic acids is 4. The average molecular weight is 500 g/mol. The Kier molecular flexibility index (Phi) is 8.23. The van der Waals surface area contributed by atoms with E-state index in [2.05, 4.69) is 10.3 Å². The maximum Gasteiger partial charge on any atom is 0.254 e. The molecular formula is C25H30FN5O5. The highest BCUT2D eigenvalue weighted by Crippen LogP contribution is 2.47. The normalized spacial score (nSPS) is 17.8. The number of anilines is 1. The zero-order valence-electron chi connectivity index (χ0n) is 20.5. The van der Waals surface area contributed by atoms with Gasteiger partial charge >= 0.3 is 0 Å². The Balaban J connectivity index is 0.000000214. The first-order valence-corrected chi connectivity index (χ1v) is 11.5. The molecule has 192 valence electrons. The number of benzene rings is 1. The number of aromatic nitrogens is 1. The van der Waals surface area contributed by atoms with Crippen LogP contribution in [0.15, 0.2) is 36.5 Å². The number of methoxy groups -OCH3 is 1. The Morgan fingerprint density at radius 2 is 1.89 bits per heavy atom. The zero-order valence-corrected chi connectivity index (χ0v) is 20.5. The predicted octanol–water partition coefficient (Wildman–Crippen LogP) is 2.11. The lowest BCUT2D eigenvalue weighted by Crippen LogP contribution is -2.51. The summed E-state index contributed by atoms with van der Waals surface area (Å²) in [5.41, 5.74) is 6.31. The molecule has 1 saturated heterocycles. The van der Waals surface area contributed by atoms with Crippen LogP contribution in [0.5, 0.6) is 5.88 Å². The lowest BCUT2D eigenvalue weighted by Gasteiger charge is -2.40. The van der Waals surface area contributed by atoms with Gasteiger partial charge in [-0.25, -0.2) is 9.37 Å². The Labute approximate surface area is 208 Å². The third kappa shape index (κ3) is 6.35. The van der Waals surface area contributed by atoms with Crippen LogP contribution in [0.3, 0.4) is 0 Å². The van der Waals surface area contributed by atoms with E-state index < -0.39 is 5.91 Å². The maximum atomic E-state index is 13.1. The molecule has 4 amide bonds. The summed E-state index contributed by atoms with van der Waals surface area (Å²) in [4.78, 5) is 52.9. The monoisotopic (exact) mass is 499 g/mol. The molecule has 10 nitrogen and oxygen atoms in total. The van der Waals surface area contributed by atoms with Crippen molar-refractivity contribution < 1.29 is 28.3 Å². The molecule has 1 aromatic heterocycles. The van der Waals surface area contributed by atoms with Gasteiger partial charge in [-0.2, -0.15) is 0 Å². The van der Waals surface area contributed by atoms with Gasteiger partial charge in [0.25, 0.3) is 5.91 Å². The number of nitrogens with two attached hydrogens (primary N) is 1. The van der Waals surface area contributed by atoms with E-state index in [9.17, 15) is 23.6 Å². The molecule has 4 rings (SSSR count). The van der Waals surface area contributed by atoms with Gasteiger partial charge in [-0.1, -0.05) is 19.1 Å². The summed E-state index contributed by atoms with van der Waals surface area (Å²) < 4.78 is 17.9. The molecule has 1 aliphatic heterocycles. The van der Waals surface area contributed by atoms with Crippen molar-refractivity contribution in [3.63, 3.8) is 0 Å². The van der Waals surface area contributed by atoms with Crippen molar-refractivity contribution in [1.29, 1.82) is 0 Å². The van der Waals surface area contributed by atoms with Crippen molar-refractivity contribution in [2.75, 3.05) is 32.1 Å². The lowest BCUT2D eigenvalue weighted by molar-refractivity contribution is -0.142. The minimum Gasteiger partial charge on any atom is -0.480 e. The topological polar surface area (TPSA) is 135 Å². The molecule has 2 aromatic rings. The lowest BCUT2D eigenvalue weighted by atomic mass is 10.0. The number of hydrogen-bond donors (Lipinski definition) is 2. The number of hydrogen-bond acceptors (Lipinski definition) is 6. The number of ether oxygens (including phenoxy) is 1. The van der Waals surface area contributed by atoms with Crippen LogP contribution in [0.1, 0.15) is 48.7 Å². The van der Waals surface area contributed by atoms with Gasteiger partial charge in [0.15, 0.2) is 0 Å². The van der Waals surface area contributed by atoms with Gasteiger partial charge in [0.05, 0.1) is 25.0 Å². The van der Waals surface area contributed by atoms with Crippen LogP contribution in [-0.2, 0) is 14.4 Å². The predicted molar refractivity (Wildman–Crippen MR) is 129 cm³/mol. The van der Waals surface area contributed by atoms with E-state index in [1.54, 1.807) is 17.0 Å². The molecule has 0 radical (unpaired) electrons. The van der Waals surface area contributed by atoms with Gasteiger partial charge in [0, 0.05) is 32.0 Å². The van der Waals surface area contributed by atoms with Crippen LogP contribution < -0.4 is 15.8 Å². The molecule has 11 heteroatoms. The van der Waals surface area contributed by atoms with Crippen molar-refractivity contribution in [2.24, 2.45) is 11.1 Å². The fourth-order valence-electron chi connectivity index (χ4n) is 3.94. The van der Waals surface area contributed by atoms with E-state index in [0.29, 0.717) is 25.3 Å². The van der Waals surface area contributed by atoms with Gasteiger partial charge in [0.1, 0.15) is 11.4 Å². The van der Waals surface area contributed by atoms with Gasteiger partial charge in [0.2, 0.25) is 24.1 Å². The zero-order chi connectivity index (χ0) is 26.5. The van der Waals surface area contributed by atoms with Crippen molar-refractivity contribution in [3.8, 4) is 5.88 Å². The third-order valence-electron chi connectivity index (χ3n) is 6.25. The number of carbonyl (C=O) groups is 4. The van der Waals surface area contributed by atoms with E-state index in [4.69, 9.17) is 10.5 Å². The average Bonchev–Trinajstić information content (AvgIpc) is 3.62. The SMILES string of the molecule is CC1(C(=O)N2CCN(C=O)C(c3ccc(F)cc3)C2)CC1.COc1ncc(NC(C)=O)cc1C(N)=O. The summed E-state index contributed by atoms with van der Waals surface area (Å²) in [7, 11) is 1.38. The standard InChI is InChI=1S/C16H19FN2O2.C9H11N3O3/c1-16(6-7-16)15(21)18-8-9-19(11-20)14(10-18)12-2-4-13(17)5-3-12;1-5(13)12-6-3-7(8(10)14)9(15-2)11-4-6/h2-5,11,14H,6-10H2,1H3;3-4H,1-2H3,(H2,10,14)(H,12,13). The van der Waals surface area contributed by atoms with Crippen LogP contribution >= 0.6 is 0 Å². The second-order valence-corrected chi connectivity index (χ2v) is 9.05. The fourth-order valence-corrected chi connectivity index (χ4v) is 3.94. The molecule has 1 unspecified atom stereocenters. The Hall–Kier alpha value is -4.02. The fraction of sp³-hybridized carbons (Fsp3) is 0.400. The number of nitrogens with one attached hydrogen (secondary N) is 1. The van der Waals surface area contributed by atoms with Crippen molar-refractivity contribution >= 4 is 29.8 Å². The molecule has 0 bridgehead atoms. The van der Waals surface area contributed by atoms with E-state index in [1.807, 2.05) is 11.8 Å². The molecule has 2 fully saturated rings. The van der Waals surface area contributed by atoms with Crippen molar-refractivity contribution in [2.45, 2.75) is 32.7 Å². The van der Waals surface area contributed by atoms with Crippen molar-refractivity contribution in [3.05, 3.63) is 53.5 Å². The largest absolute Gasteiger partial charge is 0.480 e. The summed E-state index contributed by atoms with van der Waals surface area (Å²) in [6, 6.07) is 7.37. The molecule has 1 saturated carbocycles. The maximum absolute atomic E-state index is 13.1. The van der Waals surface area contributed by atoms with Crippen molar-refractivity contribution in [1.82, 2.24) is 14.8 Å². The Morgan fingerprint density at radius 3 is 2.42 bits per heavy atom. The van der Waals surface area contributed by atoms with Crippen LogP contribution in [0.25, 0.3) is 0 Å². The highest BCUT2D eigenvalue weighted by atomic mass is 19.1. The molecule has 36 heavy (non-hydrogen) atoms. The highest BCUT2D eigenvalue weighted by Gasteiger charge is 2.48. The van der Waals surface area contributed by atoms with Gasteiger partial charge < -0.3 is 25.6 Å². The second-order valence-electron chi connectivity index (χ2n) is 9.05. The number of amides is 4. The van der Waals surface area contributed by atoms with Gasteiger partial charge in [-0.05, 0) is 36.6 Å². The first-order chi connectivity index (χ1) is 17.1. The molecule has 0 spiro atoms. The molecule has 1 atom stereocenters. The van der Waals surface area contributed by atoms with E-state index >= 15 is 0 Å². The Morgan fingerprint density at radius 1 is 1.22 bits per heavy atom. The summed E-state index contributed by atoms with van der Waals surface area (Å²) in [6.07, 6.45) is 4.09. The van der Waals surface area contributed by atoms with Crippen LogP contribution in [0.2, 0.25) is 0 Å². The molecule has 1 aliphatic carbocycles. The summed E-state index contributed by atoms with van der Waals surface area (Å²) in [6.45, 7) is 4.93. The van der Waals surface area contributed by atoms with Crippen LogP contribution in [-0.4, -0.2) is 65.7 Å². The minimum atomic E-state index is -0.661. The van der Waals surface area contributed by atoms with E-state index in [-0.39, 0.29) is 40.5 Å². The summed E-state index contributed by atoms with van der Waals surface area (Å²) in [5.74, 6) is -0.897. The summed E-state index contributed by atoms with van der Waals surface area (Å²) >= 11 is 0. The quantitative estimate of drug-likeness (QED) is 0.585. The van der Waals surface area contributed by atoms with E-state index in [0.717, 1.165) is 24.8 Å². The number of piperazine rings is 1. The van der Waals surface area contributed by atoms with Crippen LogP contribution in [0.4, 0.5) is 10.1 Å². The number of nitrogens with zero attached hydrogens (tertiary/aromatic N) is 3. The summed E-state index contributed by atoms with van der Waals surface area (Å²) in [5, 5.41) is 2.49. The molecule has 2 heterocycles. The number of halogens is 1. The first kappa shape index (κ1) is 26.6. The second kappa shape index (κ2) is 11.1. The van der Waals surface area contributed by atoms with Crippen LogP contribution in [0, 0.1) is 11.2 Å². The third-order valence-corrected chi connectivity index (χ3v) is 6.25. The molecular weight excluding hydrogens is 469 g/mol. The molecule has 1 aromatic carbocycles. The smallest absolute Gasteiger partial charge is 0.254 e. The molecule has 3 N–H and O–H groups in total. The number of pyridine rings is 1. The first-order valence-electron chi connectivity index (χ1n) is 11.5. The molecule has 2 aliphatic rings. The number of rotatable bonds is 6. The minimum absolute atomic E-state index is 0.128. The van der Waals surface area contributed by atoms with Gasteiger partial charge in [-0.15, -0.1) is 0 Å².